The monoisotopic (exact) mass is 490 g/mol. The van der Waals surface area contributed by atoms with Gasteiger partial charge in [0, 0.05) is 12.5 Å². The highest BCUT2D eigenvalue weighted by Gasteiger charge is 2.44. The van der Waals surface area contributed by atoms with Gasteiger partial charge in [0.05, 0.1) is 7.11 Å². The number of hydrogen-bond acceptors (Lipinski definition) is 7. The molecule has 0 aromatic heterocycles. The summed E-state index contributed by atoms with van der Waals surface area (Å²) in [6.45, 7) is 4.67. The molecule has 1 fully saturated rings. The lowest BCUT2D eigenvalue weighted by atomic mass is 10.0. The summed E-state index contributed by atoms with van der Waals surface area (Å²) in [4.78, 5) is 63.9. The Hall–Kier alpha value is -3.63. The molecule has 0 spiro atoms. The number of methoxy groups -OCH3 is 1. The van der Waals surface area contributed by atoms with Gasteiger partial charge in [0.25, 0.3) is 0 Å². The van der Waals surface area contributed by atoms with Crippen molar-refractivity contribution in [2.24, 2.45) is 5.73 Å². The van der Waals surface area contributed by atoms with Crippen molar-refractivity contribution in [1.82, 2.24) is 15.5 Å². The fraction of sp³-hybridized carbons (Fsp3) is 0.542. The zero-order chi connectivity index (χ0) is 26.2. The molecule has 2 atom stereocenters. The maximum Gasteiger partial charge on any atom is 0.408 e. The molecule has 35 heavy (non-hydrogen) atoms. The lowest BCUT2D eigenvalue weighted by Crippen LogP contribution is -2.54. The van der Waals surface area contributed by atoms with Crippen LogP contribution in [-0.4, -0.2) is 66.0 Å². The largest absolute Gasteiger partial charge is 0.468 e. The fourth-order valence-corrected chi connectivity index (χ4v) is 3.45. The average Bonchev–Trinajstić information content (AvgIpc) is 3.62. The molecular weight excluding hydrogens is 456 g/mol. The van der Waals surface area contributed by atoms with Crippen LogP contribution < -0.4 is 16.4 Å². The van der Waals surface area contributed by atoms with Gasteiger partial charge in [0.2, 0.25) is 17.7 Å². The number of amides is 4. The molecule has 4 N–H and O–H groups in total. The predicted octanol–water partition coefficient (Wildman–Crippen LogP) is 1.17. The van der Waals surface area contributed by atoms with Crippen LogP contribution in [0.2, 0.25) is 0 Å². The third-order valence-corrected chi connectivity index (χ3v) is 5.14. The van der Waals surface area contributed by atoms with Gasteiger partial charge in [-0.1, -0.05) is 30.3 Å². The van der Waals surface area contributed by atoms with Crippen molar-refractivity contribution < 1.29 is 33.4 Å². The van der Waals surface area contributed by atoms with Gasteiger partial charge < -0.3 is 30.7 Å². The predicted molar refractivity (Wildman–Crippen MR) is 126 cm³/mol. The number of esters is 1. The number of nitrogens with two attached hydrogens (primary N) is 1. The minimum Gasteiger partial charge on any atom is -0.468 e. The Labute approximate surface area is 204 Å². The number of nitrogens with zero attached hydrogens (tertiary/aromatic N) is 1. The van der Waals surface area contributed by atoms with Gasteiger partial charge in [0.1, 0.15) is 24.2 Å². The fourth-order valence-electron chi connectivity index (χ4n) is 3.45. The Morgan fingerprint density at radius 3 is 2.26 bits per heavy atom. The van der Waals surface area contributed by atoms with Crippen LogP contribution in [0.15, 0.2) is 30.3 Å². The number of hydrogen-bond donors (Lipinski definition) is 3. The number of carbonyl (C=O) groups excluding carboxylic acids is 5. The van der Waals surface area contributed by atoms with Crippen molar-refractivity contribution >= 4 is 29.8 Å². The molecule has 192 valence electrons. The topological polar surface area (TPSA) is 157 Å². The number of carbonyl (C=O) groups is 5. The van der Waals surface area contributed by atoms with Crippen molar-refractivity contribution in [3.05, 3.63) is 35.9 Å². The van der Waals surface area contributed by atoms with E-state index < -0.39 is 47.5 Å². The Bertz CT molecular complexity index is 926. The first kappa shape index (κ1) is 27.6. The zero-order valence-corrected chi connectivity index (χ0v) is 20.5. The van der Waals surface area contributed by atoms with Gasteiger partial charge in [-0.2, -0.15) is 0 Å². The van der Waals surface area contributed by atoms with E-state index in [0.717, 1.165) is 0 Å². The molecule has 1 aliphatic rings. The minimum atomic E-state index is -1.16. The summed E-state index contributed by atoms with van der Waals surface area (Å²) in [6.07, 6.45) is 0.266. The van der Waals surface area contributed by atoms with E-state index >= 15 is 0 Å². The highest BCUT2D eigenvalue weighted by Crippen LogP contribution is 2.35. The summed E-state index contributed by atoms with van der Waals surface area (Å²) in [6, 6.07) is 6.15. The van der Waals surface area contributed by atoms with Crippen LogP contribution in [0.25, 0.3) is 0 Å². The highest BCUT2D eigenvalue weighted by atomic mass is 16.6. The van der Waals surface area contributed by atoms with Crippen molar-refractivity contribution in [3.63, 3.8) is 0 Å². The van der Waals surface area contributed by atoms with Gasteiger partial charge in [-0.3, -0.25) is 19.2 Å². The number of primary amides is 1. The number of alkyl carbamates (subject to hydrolysis) is 1. The molecule has 0 saturated heterocycles. The van der Waals surface area contributed by atoms with Crippen molar-refractivity contribution in [3.8, 4) is 0 Å². The van der Waals surface area contributed by atoms with Crippen LogP contribution in [-0.2, 0) is 28.7 Å². The highest BCUT2D eigenvalue weighted by molar-refractivity contribution is 5.93. The first-order valence-corrected chi connectivity index (χ1v) is 11.4. The Balaban J connectivity index is 2.38. The van der Waals surface area contributed by atoms with Crippen molar-refractivity contribution in [1.29, 1.82) is 0 Å². The summed E-state index contributed by atoms with van der Waals surface area (Å²) in [7, 11) is 1.20. The van der Waals surface area contributed by atoms with Crippen molar-refractivity contribution in [2.45, 2.75) is 70.2 Å². The molecule has 11 nitrogen and oxygen atoms in total. The summed E-state index contributed by atoms with van der Waals surface area (Å²) in [5.41, 5.74) is 5.01. The van der Waals surface area contributed by atoms with Gasteiger partial charge in [-0.25, -0.2) is 4.79 Å². The second kappa shape index (κ2) is 12.2. The van der Waals surface area contributed by atoms with Crippen LogP contribution in [0.5, 0.6) is 0 Å². The lowest BCUT2D eigenvalue weighted by Gasteiger charge is -2.34. The van der Waals surface area contributed by atoms with E-state index in [2.05, 4.69) is 15.4 Å². The van der Waals surface area contributed by atoms with E-state index in [1.807, 2.05) is 0 Å². The number of benzene rings is 1. The minimum absolute atomic E-state index is 0.0675. The first-order chi connectivity index (χ1) is 16.4. The van der Waals surface area contributed by atoms with Gasteiger partial charge in [-0.05, 0) is 45.6 Å². The first-order valence-electron chi connectivity index (χ1n) is 11.4. The molecule has 4 amide bonds. The normalized spacial score (nSPS) is 14.7. The zero-order valence-electron chi connectivity index (χ0n) is 20.5. The van der Waals surface area contributed by atoms with E-state index in [1.165, 1.54) is 12.0 Å². The van der Waals surface area contributed by atoms with Crippen molar-refractivity contribution in [2.75, 3.05) is 13.7 Å². The molecule has 0 bridgehead atoms. The molecule has 1 aromatic rings. The molecule has 1 aromatic carbocycles. The molecule has 1 aliphatic carbocycles. The molecular formula is C24H34N4O7. The maximum absolute atomic E-state index is 13.8. The molecule has 0 heterocycles. The van der Waals surface area contributed by atoms with E-state index in [9.17, 15) is 24.0 Å². The summed E-state index contributed by atoms with van der Waals surface area (Å²) in [5, 5.41) is 5.05. The second-order valence-corrected chi connectivity index (χ2v) is 9.29. The van der Waals surface area contributed by atoms with Crippen LogP contribution in [0.4, 0.5) is 4.79 Å². The second-order valence-electron chi connectivity index (χ2n) is 9.29. The van der Waals surface area contributed by atoms with Gasteiger partial charge in [0.15, 0.2) is 0 Å². The third kappa shape index (κ3) is 8.91. The molecule has 1 saturated carbocycles. The molecule has 0 radical (unpaired) electrons. The van der Waals surface area contributed by atoms with Crippen LogP contribution in [0.1, 0.15) is 58.1 Å². The number of ether oxygens (including phenoxy) is 2. The Kier molecular flexibility index (Phi) is 9.61. The lowest BCUT2D eigenvalue weighted by molar-refractivity contribution is -0.145. The summed E-state index contributed by atoms with van der Waals surface area (Å²) >= 11 is 0. The molecule has 2 unspecified atom stereocenters. The van der Waals surface area contributed by atoms with Gasteiger partial charge in [-0.15, -0.1) is 0 Å². The van der Waals surface area contributed by atoms with Crippen LogP contribution >= 0.6 is 0 Å². The average molecular weight is 491 g/mol. The Morgan fingerprint density at radius 1 is 1.11 bits per heavy atom. The standard InChI is InChI=1S/C24H34N4O7/c1-24(2,3)35-23(33)27-17(12-13-18(25)29)22(32)28(16-10-11-16)20(15-8-6-5-7-9-15)21(31)26-14-19(30)34-4/h5-9,16-17,20H,10-14H2,1-4H3,(H2,25,29)(H,26,31)(H,27,33). The summed E-state index contributed by atoms with van der Waals surface area (Å²) < 4.78 is 9.87. The number of nitrogens with one attached hydrogen (secondary N) is 2. The van der Waals surface area contributed by atoms with E-state index in [4.69, 9.17) is 10.5 Å². The molecule has 2 rings (SSSR count). The third-order valence-electron chi connectivity index (χ3n) is 5.14. The quantitative estimate of drug-likeness (QED) is 0.393. The molecule has 0 aliphatic heterocycles. The van der Waals surface area contributed by atoms with Gasteiger partial charge >= 0.3 is 12.1 Å². The van der Waals surface area contributed by atoms with E-state index in [1.54, 1.807) is 51.1 Å². The summed E-state index contributed by atoms with van der Waals surface area (Å²) in [5.74, 6) is -2.41. The maximum atomic E-state index is 13.8. The van der Waals surface area contributed by atoms with E-state index in [-0.39, 0.29) is 25.4 Å². The number of rotatable bonds is 11. The molecule has 11 heteroatoms. The van der Waals surface area contributed by atoms with Crippen LogP contribution in [0, 0.1) is 0 Å². The van der Waals surface area contributed by atoms with Crippen LogP contribution in [0.3, 0.4) is 0 Å². The SMILES string of the molecule is COC(=O)CNC(=O)C(c1ccccc1)N(C(=O)C(CCC(N)=O)NC(=O)OC(C)(C)C)C1CC1. The Morgan fingerprint density at radius 2 is 1.74 bits per heavy atom. The smallest absolute Gasteiger partial charge is 0.408 e. The van der Waals surface area contributed by atoms with E-state index in [0.29, 0.717) is 18.4 Å².